The Morgan fingerprint density at radius 3 is 2.56 bits per heavy atom. The molecule has 0 unspecified atom stereocenters. The molecule has 0 atom stereocenters. The first kappa shape index (κ1) is 15.0. The van der Waals surface area contributed by atoms with Gasteiger partial charge in [-0.15, -0.1) is 0 Å². The van der Waals surface area contributed by atoms with Gasteiger partial charge in [-0.25, -0.2) is 0 Å². The highest BCUT2D eigenvalue weighted by Crippen LogP contribution is 2.36. The summed E-state index contributed by atoms with van der Waals surface area (Å²) in [5.41, 5.74) is -1.33. The SMILES string of the molecule is CCOc1cccc(C(F)(F)F)c1C(=O)CCBr. The molecule has 0 fully saturated rings. The van der Waals surface area contributed by atoms with Gasteiger partial charge in [0.05, 0.1) is 17.7 Å². The first-order valence-electron chi connectivity index (χ1n) is 5.34. The molecule has 0 spiro atoms. The van der Waals surface area contributed by atoms with Gasteiger partial charge in [-0.05, 0) is 19.1 Å². The van der Waals surface area contributed by atoms with E-state index >= 15 is 0 Å². The van der Waals surface area contributed by atoms with E-state index in [4.69, 9.17) is 4.74 Å². The maximum atomic E-state index is 12.8. The zero-order chi connectivity index (χ0) is 13.8. The highest BCUT2D eigenvalue weighted by molar-refractivity contribution is 9.09. The monoisotopic (exact) mass is 324 g/mol. The molecule has 6 heteroatoms. The number of ketones is 1. The minimum Gasteiger partial charge on any atom is -0.493 e. The Morgan fingerprint density at radius 1 is 1.39 bits per heavy atom. The van der Waals surface area contributed by atoms with E-state index in [2.05, 4.69) is 15.9 Å². The second-order valence-corrected chi connectivity index (χ2v) is 4.26. The summed E-state index contributed by atoms with van der Waals surface area (Å²) in [5.74, 6) is -0.596. The van der Waals surface area contributed by atoms with Gasteiger partial charge in [-0.2, -0.15) is 13.2 Å². The quantitative estimate of drug-likeness (QED) is 0.602. The fourth-order valence-electron chi connectivity index (χ4n) is 1.54. The fourth-order valence-corrected chi connectivity index (χ4v) is 1.90. The normalized spacial score (nSPS) is 11.4. The topological polar surface area (TPSA) is 26.3 Å². The lowest BCUT2D eigenvalue weighted by molar-refractivity contribution is -0.138. The van der Waals surface area contributed by atoms with Crippen molar-refractivity contribution in [3.63, 3.8) is 0 Å². The molecule has 0 aliphatic rings. The summed E-state index contributed by atoms with van der Waals surface area (Å²) in [6.07, 6.45) is -4.57. The number of hydrogen-bond donors (Lipinski definition) is 0. The lowest BCUT2D eigenvalue weighted by Gasteiger charge is -2.15. The number of carbonyl (C=O) groups excluding carboxylic acids is 1. The van der Waals surface area contributed by atoms with E-state index < -0.39 is 17.5 Å². The van der Waals surface area contributed by atoms with Crippen LogP contribution in [0.4, 0.5) is 13.2 Å². The van der Waals surface area contributed by atoms with Crippen LogP contribution in [0.2, 0.25) is 0 Å². The van der Waals surface area contributed by atoms with Gasteiger partial charge >= 0.3 is 6.18 Å². The van der Waals surface area contributed by atoms with E-state index in [0.29, 0.717) is 5.33 Å². The Bertz CT molecular complexity index is 430. The lowest BCUT2D eigenvalue weighted by atomic mass is 10.0. The van der Waals surface area contributed by atoms with Gasteiger partial charge in [0.15, 0.2) is 5.78 Å². The molecule has 100 valence electrons. The minimum absolute atomic E-state index is 0.00678. The Morgan fingerprint density at radius 2 is 2.06 bits per heavy atom. The van der Waals surface area contributed by atoms with Crippen LogP contribution in [0.25, 0.3) is 0 Å². The molecule has 1 rings (SSSR count). The molecule has 2 nitrogen and oxygen atoms in total. The second-order valence-electron chi connectivity index (χ2n) is 3.47. The number of carbonyl (C=O) groups is 1. The van der Waals surface area contributed by atoms with Crippen LogP contribution >= 0.6 is 15.9 Å². The fraction of sp³-hybridized carbons (Fsp3) is 0.417. The zero-order valence-electron chi connectivity index (χ0n) is 9.68. The van der Waals surface area contributed by atoms with Gasteiger partial charge in [-0.3, -0.25) is 4.79 Å². The molecule has 1 aromatic carbocycles. The molecule has 0 aliphatic carbocycles. The van der Waals surface area contributed by atoms with Crippen LogP contribution in [0.3, 0.4) is 0 Å². The van der Waals surface area contributed by atoms with Crippen LogP contribution in [-0.4, -0.2) is 17.7 Å². The summed E-state index contributed by atoms with van der Waals surface area (Å²) in [6, 6.07) is 3.50. The smallest absolute Gasteiger partial charge is 0.417 e. The molecule has 0 aliphatic heterocycles. The first-order chi connectivity index (χ1) is 8.41. The molecule has 0 aromatic heterocycles. The van der Waals surface area contributed by atoms with E-state index in [9.17, 15) is 18.0 Å². The number of rotatable bonds is 5. The summed E-state index contributed by atoms with van der Waals surface area (Å²) >= 11 is 3.04. The van der Waals surface area contributed by atoms with Crippen LogP contribution < -0.4 is 4.74 Å². The molecule has 0 amide bonds. The molecule has 1 aromatic rings. The summed E-state index contributed by atoms with van der Waals surface area (Å²) in [5, 5.41) is 0.309. The molecular weight excluding hydrogens is 313 g/mol. The number of Topliss-reactive ketones (excluding diaryl/α,β-unsaturated/α-hetero) is 1. The second kappa shape index (κ2) is 6.22. The number of alkyl halides is 4. The molecular formula is C12H12BrF3O2. The third-order valence-electron chi connectivity index (χ3n) is 2.23. The van der Waals surface area contributed by atoms with Crippen molar-refractivity contribution < 1.29 is 22.7 Å². The van der Waals surface area contributed by atoms with Crippen LogP contribution in [0, 0.1) is 0 Å². The van der Waals surface area contributed by atoms with Crippen molar-refractivity contribution in [2.75, 3.05) is 11.9 Å². The van der Waals surface area contributed by atoms with E-state index in [1.807, 2.05) is 0 Å². The van der Waals surface area contributed by atoms with Crippen LogP contribution in [0.1, 0.15) is 29.3 Å². The van der Waals surface area contributed by atoms with Gasteiger partial charge in [0.2, 0.25) is 0 Å². The van der Waals surface area contributed by atoms with Crippen LogP contribution in [-0.2, 0) is 6.18 Å². The van der Waals surface area contributed by atoms with Crippen molar-refractivity contribution in [2.24, 2.45) is 0 Å². The summed E-state index contributed by atoms with van der Waals surface area (Å²) < 4.78 is 43.7. The standard InChI is InChI=1S/C12H12BrF3O2/c1-2-18-10-5-3-4-8(12(14,15)16)11(10)9(17)6-7-13/h3-5H,2,6-7H2,1H3. The van der Waals surface area contributed by atoms with E-state index in [1.165, 1.54) is 12.1 Å². The van der Waals surface area contributed by atoms with E-state index in [-0.39, 0.29) is 24.3 Å². The number of benzene rings is 1. The molecule has 0 N–H and O–H groups in total. The molecule has 0 radical (unpaired) electrons. The third kappa shape index (κ3) is 3.48. The Labute approximate surface area is 111 Å². The Kier molecular flexibility index (Phi) is 5.19. The maximum Gasteiger partial charge on any atom is 0.417 e. The van der Waals surface area contributed by atoms with Crippen molar-refractivity contribution in [1.82, 2.24) is 0 Å². The molecule has 0 bridgehead atoms. The first-order valence-corrected chi connectivity index (χ1v) is 6.46. The largest absolute Gasteiger partial charge is 0.493 e. The van der Waals surface area contributed by atoms with Gasteiger partial charge in [0, 0.05) is 11.8 Å². The van der Waals surface area contributed by atoms with Crippen molar-refractivity contribution in [3.8, 4) is 5.75 Å². The molecule has 0 heterocycles. The van der Waals surface area contributed by atoms with Crippen molar-refractivity contribution in [1.29, 1.82) is 0 Å². The van der Waals surface area contributed by atoms with E-state index in [0.717, 1.165) is 6.07 Å². The van der Waals surface area contributed by atoms with Crippen LogP contribution in [0.15, 0.2) is 18.2 Å². The highest BCUT2D eigenvalue weighted by atomic mass is 79.9. The molecule has 0 saturated carbocycles. The lowest BCUT2D eigenvalue weighted by Crippen LogP contribution is -2.15. The summed E-state index contributed by atoms with van der Waals surface area (Å²) in [7, 11) is 0. The maximum absolute atomic E-state index is 12.8. The summed E-state index contributed by atoms with van der Waals surface area (Å²) in [6.45, 7) is 1.86. The predicted octanol–water partition coefficient (Wildman–Crippen LogP) is 4.07. The number of halogens is 4. The van der Waals surface area contributed by atoms with Crippen molar-refractivity contribution in [3.05, 3.63) is 29.3 Å². The molecule has 0 saturated heterocycles. The summed E-state index contributed by atoms with van der Waals surface area (Å²) in [4.78, 5) is 11.8. The van der Waals surface area contributed by atoms with Gasteiger partial charge in [0.25, 0.3) is 0 Å². The average molecular weight is 325 g/mol. The van der Waals surface area contributed by atoms with E-state index in [1.54, 1.807) is 6.92 Å². The van der Waals surface area contributed by atoms with Gasteiger partial charge in [0.1, 0.15) is 5.75 Å². The number of hydrogen-bond acceptors (Lipinski definition) is 2. The van der Waals surface area contributed by atoms with Crippen LogP contribution in [0.5, 0.6) is 5.75 Å². The Hall–Kier alpha value is -1.04. The van der Waals surface area contributed by atoms with Crippen molar-refractivity contribution in [2.45, 2.75) is 19.5 Å². The molecule has 18 heavy (non-hydrogen) atoms. The van der Waals surface area contributed by atoms with Crippen molar-refractivity contribution >= 4 is 21.7 Å². The third-order valence-corrected chi connectivity index (χ3v) is 2.63. The zero-order valence-corrected chi connectivity index (χ0v) is 11.3. The highest BCUT2D eigenvalue weighted by Gasteiger charge is 2.36. The number of ether oxygens (including phenoxy) is 1. The predicted molar refractivity (Wildman–Crippen MR) is 65.4 cm³/mol. The van der Waals surface area contributed by atoms with Gasteiger partial charge < -0.3 is 4.74 Å². The Balaban J connectivity index is 3.34. The van der Waals surface area contributed by atoms with Gasteiger partial charge in [-0.1, -0.05) is 22.0 Å². The average Bonchev–Trinajstić information content (AvgIpc) is 2.28. The minimum atomic E-state index is -4.57.